The normalized spacial score (nSPS) is 10.5. The molecule has 2 aromatic rings. The van der Waals surface area contributed by atoms with Gasteiger partial charge in [0.05, 0.1) is 12.7 Å². The summed E-state index contributed by atoms with van der Waals surface area (Å²) in [7, 11) is 0. The molecule has 1 N–H and O–H groups in total. The van der Waals surface area contributed by atoms with Gasteiger partial charge in [-0.3, -0.25) is 0 Å². The zero-order valence-corrected chi connectivity index (χ0v) is 10.5. The Bertz CT molecular complexity index is 492. The van der Waals surface area contributed by atoms with Gasteiger partial charge < -0.3 is 9.73 Å². The van der Waals surface area contributed by atoms with Crippen molar-refractivity contribution in [2.24, 2.45) is 0 Å². The second-order valence-corrected chi connectivity index (χ2v) is 3.94. The third kappa shape index (κ3) is 3.17. The molecule has 2 rings (SSSR count). The van der Waals surface area contributed by atoms with E-state index in [-0.39, 0.29) is 0 Å². The number of nitrogens with one attached hydrogen (secondary N) is 1. The summed E-state index contributed by atoms with van der Waals surface area (Å²) >= 11 is 5.83. The van der Waals surface area contributed by atoms with E-state index in [1.54, 1.807) is 19.2 Å². The molecule has 17 heavy (non-hydrogen) atoms. The van der Waals surface area contributed by atoms with E-state index in [2.05, 4.69) is 20.3 Å². The summed E-state index contributed by atoms with van der Waals surface area (Å²) in [5.74, 6) is 2.80. The topological polar surface area (TPSA) is 63.8 Å². The maximum absolute atomic E-state index is 5.83. The van der Waals surface area contributed by atoms with Gasteiger partial charge in [-0.15, -0.1) is 0 Å². The average Bonchev–Trinajstić information content (AvgIpc) is 2.73. The summed E-state index contributed by atoms with van der Waals surface area (Å²) in [6, 6.07) is 1.66. The van der Waals surface area contributed by atoms with E-state index in [0.717, 1.165) is 12.2 Å². The summed E-state index contributed by atoms with van der Waals surface area (Å²) < 4.78 is 5.47. The molecule has 0 radical (unpaired) electrons. The number of halogens is 1. The Morgan fingerprint density at radius 2 is 2.24 bits per heavy atom. The van der Waals surface area contributed by atoms with Gasteiger partial charge in [-0.05, 0) is 6.92 Å². The van der Waals surface area contributed by atoms with E-state index in [0.29, 0.717) is 29.2 Å². The molecule has 0 bridgehead atoms. The van der Waals surface area contributed by atoms with Crippen LogP contribution in [0.1, 0.15) is 24.4 Å². The first-order valence-corrected chi connectivity index (χ1v) is 5.74. The number of oxazole rings is 1. The van der Waals surface area contributed by atoms with Crippen LogP contribution in [0.5, 0.6) is 0 Å². The number of rotatable bonds is 4. The van der Waals surface area contributed by atoms with E-state index in [4.69, 9.17) is 16.0 Å². The molecule has 90 valence electrons. The highest BCUT2D eigenvalue weighted by Crippen LogP contribution is 2.12. The smallest absolute Gasteiger partial charge is 0.213 e. The first-order chi connectivity index (χ1) is 8.17. The lowest BCUT2D eigenvalue weighted by molar-refractivity contribution is 0.465. The number of aromatic nitrogens is 3. The molecule has 0 aromatic carbocycles. The Morgan fingerprint density at radius 3 is 2.88 bits per heavy atom. The summed E-state index contributed by atoms with van der Waals surface area (Å²) in [4.78, 5) is 12.3. The third-order valence-electron chi connectivity index (χ3n) is 2.18. The van der Waals surface area contributed by atoms with Gasteiger partial charge in [0.15, 0.2) is 0 Å². The van der Waals surface area contributed by atoms with Crippen molar-refractivity contribution in [1.82, 2.24) is 15.0 Å². The lowest BCUT2D eigenvalue weighted by Gasteiger charge is -2.03. The Balaban J connectivity index is 2.01. The summed E-state index contributed by atoms with van der Waals surface area (Å²) in [5, 5.41) is 3.51. The molecule has 0 saturated heterocycles. The largest absolute Gasteiger partial charge is 0.444 e. The second kappa shape index (κ2) is 5.14. The average molecular weight is 253 g/mol. The molecule has 0 spiro atoms. The molecule has 0 fully saturated rings. The van der Waals surface area contributed by atoms with Crippen molar-refractivity contribution in [3.8, 4) is 0 Å². The van der Waals surface area contributed by atoms with Crippen molar-refractivity contribution in [2.45, 2.75) is 26.8 Å². The van der Waals surface area contributed by atoms with Crippen LogP contribution in [0.4, 0.5) is 5.82 Å². The molecule has 0 aliphatic rings. The van der Waals surface area contributed by atoms with E-state index < -0.39 is 0 Å². The van der Waals surface area contributed by atoms with Crippen LogP contribution in [0.2, 0.25) is 5.15 Å². The minimum Gasteiger partial charge on any atom is -0.444 e. The molecule has 0 aliphatic heterocycles. The summed E-state index contributed by atoms with van der Waals surface area (Å²) in [5.41, 5.74) is 0. The summed E-state index contributed by atoms with van der Waals surface area (Å²) in [6.07, 6.45) is 2.57. The molecule has 2 heterocycles. The molecular formula is C11H13ClN4O. The van der Waals surface area contributed by atoms with Gasteiger partial charge >= 0.3 is 0 Å². The Hall–Kier alpha value is -1.62. The van der Waals surface area contributed by atoms with Crippen molar-refractivity contribution < 1.29 is 4.42 Å². The Labute approximate surface area is 104 Å². The molecule has 5 nitrogen and oxygen atoms in total. The maximum Gasteiger partial charge on any atom is 0.213 e. The van der Waals surface area contributed by atoms with Crippen LogP contribution in [0.25, 0.3) is 0 Å². The predicted molar refractivity (Wildman–Crippen MR) is 65.0 cm³/mol. The van der Waals surface area contributed by atoms with E-state index in [9.17, 15) is 0 Å². The van der Waals surface area contributed by atoms with Crippen LogP contribution in [-0.4, -0.2) is 15.0 Å². The number of aryl methyl sites for hydroxylation is 2. The van der Waals surface area contributed by atoms with E-state index in [1.165, 1.54) is 0 Å². The molecule has 0 amide bonds. The predicted octanol–water partition coefficient (Wildman–Crippen LogP) is 2.60. The van der Waals surface area contributed by atoms with Crippen LogP contribution in [-0.2, 0) is 13.0 Å². The number of hydrogen-bond donors (Lipinski definition) is 1. The number of hydrogen-bond acceptors (Lipinski definition) is 5. The fourth-order valence-corrected chi connectivity index (χ4v) is 1.61. The van der Waals surface area contributed by atoms with Gasteiger partial charge in [0.1, 0.15) is 22.6 Å². The van der Waals surface area contributed by atoms with Gasteiger partial charge in [-0.25, -0.2) is 15.0 Å². The van der Waals surface area contributed by atoms with E-state index in [1.807, 2.05) is 6.92 Å². The van der Waals surface area contributed by atoms with Crippen LogP contribution in [0.15, 0.2) is 16.7 Å². The zero-order valence-electron chi connectivity index (χ0n) is 9.70. The fraction of sp³-hybridized carbons (Fsp3) is 0.364. The van der Waals surface area contributed by atoms with Crippen LogP contribution < -0.4 is 5.32 Å². The van der Waals surface area contributed by atoms with Crippen LogP contribution in [0, 0.1) is 6.92 Å². The molecule has 0 atom stereocenters. The van der Waals surface area contributed by atoms with Crippen molar-refractivity contribution in [3.63, 3.8) is 0 Å². The zero-order chi connectivity index (χ0) is 12.3. The highest BCUT2D eigenvalue weighted by Gasteiger charge is 2.04. The Morgan fingerprint density at radius 1 is 1.41 bits per heavy atom. The first-order valence-electron chi connectivity index (χ1n) is 5.36. The lowest BCUT2D eigenvalue weighted by Crippen LogP contribution is -2.03. The van der Waals surface area contributed by atoms with Gasteiger partial charge in [0.2, 0.25) is 5.89 Å². The molecule has 0 saturated carbocycles. The van der Waals surface area contributed by atoms with Gasteiger partial charge in [0, 0.05) is 12.5 Å². The highest BCUT2D eigenvalue weighted by molar-refractivity contribution is 6.29. The van der Waals surface area contributed by atoms with Gasteiger partial charge in [0.25, 0.3) is 0 Å². The molecule has 2 aromatic heterocycles. The van der Waals surface area contributed by atoms with Crippen LogP contribution >= 0.6 is 11.6 Å². The van der Waals surface area contributed by atoms with Gasteiger partial charge in [-0.2, -0.15) is 0 Å². The van der Waals surface area contributed by atoms with Crippen molar-refractivity contribution in [1.29, 1.82) is 0 Å². The van der Waals surface area contributed by atoms with Crippen molar-refractivity contribution >= 4 is 17.4 Å². The Kier molecular flexibility index (Phi) is 3.58. The molecular weight excluding hydrogens is 240 g/mol. The molecule has 0 aliphatic carbocycles. The van der Waals surface area contributed by atoms with E-state index >= 15 is 0 Å². The highest BCUT2D eigenvalue weighted by atomic mass is 35.5. The lowest BCUT2D eigenvalue weighted by atomic mass is 10.4. The van der Waals surface area contributed by atoms with Gasteiger partial charge in [-0.1, -0.05) is 18.5 Å². The minimum atomic E-state index is 0.418. The molecule has 6 heteroatoms. The first kappa shape index (κ1) is 11.9. The summed E-state index contributed by atoms with van der Waals surface area (Å²) in [6.45, 7) is 4.29. The SMILES string of the molecule is CCc1cnc(CNc2cc(Cl)nc(C)n2)o1. The standard InChI is InChI=1S/C11H13ClN4O/c1-3-8-5-14-11(17-8)6-13-10-4-9(12)15-7(2)16-10/h4-5H,3,6H2,1-2H3,(H,13,15,16). The number of nitrogens with zero attached hydrogens (tertiary/aromatic N) is 3. The minimum absolute atomic E-state index is 0.418. The van der Waals surface area contributed by atoms with Crippen LogP contribution in [0.3, 0.4) is 0 Å². The maximum atomic E-state index is 5.83. The second-order valence-electron chi connectivity index (χ2n) is 3.55. The fourth-order valence-electron chi connectivity index (χ4n) is 1.38. The number of anilines is 1. The third-order valence-corrected chi connectivity index (χ3v) is 2.37. The van der Waals surface area contributed by atoms with Crippen molar-refractivity contribution in [2.75, 3.05) is 5.32 Å². The van der Waals surface area contributed by atoms with Crippen molar-refractivity contribution in [3.05, 3.63) is 34.9 Å². The molecule has 0 unspecified atom stereocenters. The quantitative estimate of drug-likeness (QED) is 0.848. The monoisotopic (exact) mass is 252 g/mol.